The summed E-state index contributed by atoms with van der Waals surface area (Å²) >= 11 is 0. The molecular weight excluding hydrogens is 458 g/mol. The third-order valence-corrected chi connectivity index (χ3v) is 8.52. The largest absolute Gasteiger partial charge is 0.452 e. The smallest absolute Gasteiger partial charge is 0.309 e. The van der Waals surface area contributed by atoms with Gasteiger partial charge >= 0.3 is 5.97 Å². The molecule has 0 spiro atoms. The summed E-state index contributed by atoms with van der Waals surface area (Å²) in [6.45, 7) is 9.21. The van der Waals surface area contributed by atoms with E-state index in [1.54, 1.807) is 13.8 Å². The van der Waals surface area contributed by atoms with Crippen LogP contribution in [0.3, 0.4) is 0 Å². The molecule has 0 radical (unpaired) electrons. The van der Waals surface area contributed by atoms with Crippen LogP contribution in [0.1, 0.15) is 63.0 Å². The predicted molar refractivity (Wildman–Crippen MR) is 127 cm³/mol. The zero-order chi connectivity index (χ0) is 25.0. The molecule has 2 heterocycles. The van der Waals surface area contributed by atoms with Crippen molar-refractivity contribution in [2.75, 3.05) is 18.4 Å². The van der Waals surface area contributed by atoms with Crippen LogP contribution >= 0.6 is 0 Å². The summed E-state index contributed by atoms with van der Waals surface area (Å²) in [5, 5.41) is 6.59. The third kappa shape index (κ3) is 5.50. The van der Waals surface area contributed by atoms with Crippen LogP contribution in [0.5, 0.6) is 0 Å². The Morgan fingerprint density at radius 1 is 1.21 bits per heavy atom. The molecule has 1 fully saturated rings. The fourth-order valence-electron chi connectivity index (χ4n) is 4.12. The second-order valence-corrected chi connectivity index (χ2v) is 10.7. The van der Waals surface area contributed by atoms with E-state index in [2.05, 4.69) is 24.3 Å². The van der Waals surface area contributed by atoms with Gasteiger partial charge in [0.2, 0.25) is 10.0 Å². The van der Waals surface area contributed by atoms with Gasteiger partial charge in [-0.25, -0.2) is 8.42 Å². The lowest BCUT2D eigenvalue weighted by Gasteiger charge is -2.30. The number of para-hydroxylation sites is 1. The number of benzene rings is 1. The maximum atomic E-state index is 13.0. The Morgan fingerprint density at radius 2 is 1.85 bits per heavy atom. The first-order valence-electron chi connectivity index (χ1n) is 11.6. The molecule has 0 aliphatic carbocycles. The number of nitrogens with zero attached hydrogens (tertiary/aromatic N) is 2. The van der Waals surface area contributed by atoms with Crippen molar-refractivity contribution >= 4 is 27.6 Å². The average molecular weight is 492 g/mol. The highest BCUT2D eigenvalue weighted by Crippen LogP contribution is 2.29. The topological polar surface area (TPSA) is 119 Å². The maximum Gasteiger partial charge on any atom is 0.309 e. The number of hydrogen-bond donors (Lipinski definition) is 1. The lowest BCUT2D eigenvalue weighted by atomic mass is 9.97. The first kappa shape index (κ1) is 25.9. The Labute approximate surface area is 200 Å². The van der Waals surface area contributed by atoms with E-state index in [1.807, 2.05) is 24.3 Å². The second kappa shape index (κ2) is 10.7. The highest BCUT2D eigenvalue weighted by Gasteiger charge is 2.36. The van der Waals surface area contributed by atoms with Crippen LogP contribution in [0.15, 0.2) is 33.7 Å². The van der Waals surface area contributed by atoms with Gasteiger partial charge in [-0.1, -0.05) is 37.2 Å². The first-order chi connectivity index (χ1) is 16.1. The zero-order valence-electron chi connectivity index (χ0n) is 20.3. The van der Waals surface area contributed by atoms with Gasteiger partial charge in [-0.05, 0) is 57.6 Å². The van der Waals surface area contributed by atoms with Crippen LogP contribution in [0.4, 0.5) is 5.69 Å². The van der Waals surface area contributed by atoms with Gasteiger partial charge in [-0.2, -0.15) is 4.31 Å². The monoisotopic (exact) mass is 491 g/mol. The van der Waals surface area contributed by atoms with E-state index in [9.17, 15) is 18.0 Å². The molecule has 1 aliphatic rings. The van der Waals surface area contributed by atoms with Crippen molar-refractivity contribution in [2.45, 2.75) is 70.8 Å². The van der Waals surface area contributed by atoms with E-state index < -0.39 is 33.9 Å². The van der Waals surface area contributed by atoms with E-state index in [-0.39, 0.29) is 29.7 Å². The van der Waals surface area contributed by atoms with Crippen molar-refractivity contribution < 1.29 is 27.3 Å². The molecule has 3 rings (SSSR count). The number of hydrogen-bond acceptors (Lipinski definition) is 7. The minimum absolute atomic E-state index is 0.0801. The maximum absolute atomic E-state index is 13.0. The van der Waals surface area contributed by atoms with Crippen LogP contribution < -0.4 is 5.32 Å². The summed E-state index contributed by atoms with van der Waals surface area (Å²) in [6, 6.07) is 7.59. The van der Waals surface area contributed by atoms with E-state index in [4.69, 9.17) is 9.26 Å². The zero-order valence-corrected chi connectivity index (χ0v) is 21.1. The van der Waals surface area contributed by atoms with Crippen LogP contribution in [-0.4, -0.2) is 48.9 Å². The van der Waals surface area contributed by atoms with Crippen LogP contribution in [-0.2, 0) is 24.3 Å². The van der Waals surface area contributed by atoms with Gasteiger partial charge < -0.3 is 14.6 Å². The number of nitrogens with one attached hydrogen (secondary N) is 1. The van der Waals surface area contributed by atoms with Crippen molar-refractivity contribution in [3.05, 3.63) is 41.3 Å². The van der Waals surface area contributed by atoms with Crippen molar-refractivity contribution in [1.29, 1.82) is 0 Å². The van der Waals surface area contributed by atoms with Gasteiger partial charge in [-0.3, -0.25) is 9.59 Å². The number of piperidine rings is 1. The normalized spacial score (nSPS) is 17.2. The molecule has 1 N–H and O–H groups in total. The van der Waals surface area contributed by atoms with Crippen molar-refractivity contribution in [1.82, 2.24) is 9.46 Å². The van der Waals surface area contributed by atoms with Crippen molar-refractivity contribution in [3.8, 4) is 0 Å². The first-order valence-corrected chi connectivity index (χ1v) is 13.0. The molecule has 0 saturated carbocycles. The number of esters is 1. The van der Waals surface area contributed by atoms with Gasteiger partial charge in [0.15, 0.2) is 11.9 Å². The molecule has 34 heavy (non-hydrogen) atoms. The van der Waals surface area contributed by atoms with Crippen molar-refractivity contribution in [2.24, 2.45) is 5.92 Å². The molecule has 186 valence electrons. The van der Waals surface area contributed by atoms with Crippen molar-refractivity contribution in [3.63, 3.8) is 0 Å². The van der Waals surface area contributed by atoms with E-state index in [0.717, 1.165) is 12.0 Å². The molecule has 1 amide bonds. The number of sulfonamides is 1. The highest BCUT2D eigenvalue weighted by molar-refractivity contribution is 7.89. The summed E-state index contributed by atoms with van der Waals surface area (Å²) in [5.41, 5.74) is 2.06. The van der Waals surface area contributed by atoms with Crippen LogP contribution in [0, 0.1) is 19.8 Å². The van der Waals surface area contributed by atoms with Gasteiger partial charge in [-0.15, -0.1) is 0 Å². The molecule has 2 atom stereocenters. The SMILES string of the molecule is CCC(C)c1ccccc1NC(=O)C(C)OC(=O)C1CCN(S(=O)(=O)c2c(C)noc2C)CC1. The van der Waals surface area contributed by atoms with Gasteiger partial charge in [0, 0.05) is 18.8 Å². The Kier molecular flexibility index (Phi) is 8.14. The van der Waals surface area contributed by atoms with Crippen LogP contribution in [0.2, 0.25) is 0 Å². The Bertz CT molecular complexity index is 1120. The van der Waals surface area contributed by atoms with Gasteiger partial charge in [0.05, 0.1) is 5.92 Å². The molecule has 1 saturated heterocycles. The molecular formula is C24H33N3O6S. The number of amides is 1. The molecule has 1 aromatic heterocycles. The number of ether oxygens (including phenoxy) is 1. The minimum Gasteiger partial charge on any atom is -0.452 e. The quantitative estimate of drug-likeness (QED) is 0.558. The fraction of sp³-hybridized carbons (Fsp3) is 0.542. The number of aromatic nitrogens is 1. The minimum atomic E-state index is -3.75. The standard InChI is InChI=1S/C24H33N3O6S/c1-6-15(2)20-9-7-8-10-21(20)25-23(28)18(5)32-24(29)19-11-13-27(14-12-19)34(30,31)22-16(3)26-33-17(22)4/h7-10,15,18-19H,6,11-14H2,1-5H3,(H,25,28). The summed E-state index contributed by atoms with van der Waals surface area (Å²) in [5.74, 6) is -0.844. The molecule has 1 aliphatic heterocycles. The fourth-order valence-corrected chi connectivity index (χ4v) is 5.88. The Morgan fingerprint density at radius 3 is 2.44 bits per heavy atom. The number of carbonyl (C=O) groups excluding carboxylic acids is 2. The number of rotatable bonds is 8. The second-order valence-electron chi connectivity index (χ2n) is 8.80. The van der Waals surface area contributed by atoms with Crippen LogP contribution in [0.25, 0.3) is 0 Å². The average Bonchev–Trinajstić information content (AvgIpc) is 3.17. The third-order valence-electron chi connectivity index (χ3n) is 6.38. The molecule has 1 aromatic carbocycles. The molecule has 10 heteroatoms. The number of aryl methyl sites for hydroxylation is 2. The predicted octanol–water partition coefficient (Wildman–Crippen LogP) is 3.78. The molecule has 2 unspecified atom stereocenters. The van der Waals surface area contributed by atoms with Gasteiger partial charge in [0.1, 0.15) is 10.6 Å². The number of carbonyl (C=O) groups is 2. The lowest BCUT2D eigenvalue weighted by Crippen LogP contribution is -2.42. The summed E-state index contributed by atoms with van der Waals surface area (Å²) in [6.07, 6.45) is 0.586. The van der Waals surface area contributed by atoms with E-state index in [0.29, 0.717) is 24.2 Å². The summed E-state index contributed by atoms with van der Waals surface area (Å²) in [4.78, 5) is 25.4. The summed E-state index contributed by atoms with van der Waals surface area (Å²) in [7, 11) is -3.75. The Hall–Kier alpha value is -2.72. The molecule has 2 aromatic rings. The lowest BCUT2D eigenvalue weighted by molar-refractivity contribution is -0.158. The van der Waals surface area contributed by atoms with Gasteiger partial charge in [0.25, 0.3) is 5.91 Å². The Balaban J connectivity index is 1.56. The highest BCUT2D eigenvalue weighted by atomic mass is 32.2. The molecule has 9 nitrogen and oxygen atoms in total. The summed E-state index contributed by atoms with van der Waals surface area (Å²) < 4.78 is 37.7. The van der Waals surface area contributed by atoms with E-state index >= 15 is 0 Å². The molecule has 0 bridgehead atoms. The van der Waals surface area contributed by atoms with E-state index in [1.165, 1.54) is 11.2 Å². The number of anilines is 1.